The number of anilines is 1. The number of aromatic nitrogens is 4. The molecule has 0 bridgehead atoms. The van der Waals surface area contributed by atoms with Crippen LogP contribution < -0.4 is 15.8 Å². The van der Waals surface area contributed by atoms with Gasteiger partial charge in [-0.15, -0.1) is 0 Å². The van der Waals surface area contributed by atoms with E-state index in [1.165, 1.54) is 35.0 Å². The molecule has 1 N–H and O–H groups in total. The monoisotopic (exact) mass is 1020 g/mol. The number of nitrogens with zero attached hydrogens (tertiary/aromatic N) is 6. The lowest BCUT2D eigenvalue weighted by molar-refractivity contribution is -0.197. The highest BCUT2D eigenvalue weighted by atomic mass is 32.2. The Balaban J connectivity index is 1.06. The highest BCUT2D eigenvalue weighted by Crippen LogP contribution is 2.45. The van der Waals surface area contributed by atoms with Gasteiger partial charge >= 0.3 is 6.09 Å². The minimum atomic E-state index is -4.18. The van der Waals surface area contributed by atoms with Crippen LogP contribution >= 0.6 is 0 Å². The molecule has 4 fully saturated rings. The zero-order valence-corrected chi connectivity index (χ0v) is 43.3. The number of halogens is 2. The third-order valence-electron chi connectivity index (χ3n) is 14.7. The van der Waals surface area contributed by atoms with Gasteiger partial charge in [0.05, 0.1) is 28.8 Å². The summed E-state index contributed by atoms with van der Waals surface area (Å²) in [6.07, 6.45) is 8.89. The van der Waals surface area contributed by atoms with Crippen LogP contribution in [0.2, 0.25) is 0 Å². The largest absolute Gasteiger partial charge is 0.444 e. The molecule has 0 radical (unpaired) electrons. The van der Waals surface area contributed by atoms with Crippen LogP contribution in [0.5, 0.6) is 0 Å². The standard InChI is InChI=1S/C55H65F2N7O8S/c1-35-10-15-42(16-11-35)73(67,68)64-25-20-43-45(33-61(6)50(65)48(43)64)36-12-17-46-44(29-36)49(55(71-41-13-14-41,34-70-47-9-7-8-28-69-47)37-30-38(56)32-39(57)31-37)59-51(58-46)63-23-18-40(19-24-63)62-26-21-54(5,22-27-62)60-52(66)72-53(2,3)4/h10-12,15-17,20,25,29-33,40-41,47H,7-9,13-14,18-19,21-24,26-28,34H2,1-6H3,(H,60,66). The molecular formula is C55H65F2N7O8S. The second kappa shape index (κ2) is 19.8. The number of rotatable bonds is 13. The molecule has 2 unspecified atom stereocenters. The first kappa shape index (κ1) is 50.7. The molecule has 1 aliphatic carbocycles. The Morgan fingerprint density at radius 3 is 2.26 bits per heavy atom. The van der Waals surface area contributed by atoms with Crippen molar-refractivity contribution in [1.29, 1.82) is 0 Å². The van der Waals surface area contributed by atoms with Crippen LogP contribution in [0.1, 0.15) is 102 Å². The van der Waals surface area contributed by atoms with Gasteiger partial charge in [0.25, 0.3) is 15.6 Å². The normalized spacial score (nSPS) is 20.1. The number of pyridine rings is 1. The van der Waals surface area contributed by atoms with E-state index >= 15 is 8.78 Å². The van der Waals surface area contributed by atoms with Crippen LogP contribution in [0.3, 0.4) is 0 Å². The Labute approximate surface area is 424 Å². The van der Waals surface area contributed by atoms with Crippen LogP contribution in [-0.2, 0) is 41.6 Å². The molecule has 388 valence electrons. The van der Waals surface area contributed by atoms with Gasteiger partial charge in [0.15, 0.2) is 11.9 Å². The molecule has 73 heavy (non-hydrogen) atoms. The van der Waals surface area contributed by atoms with Crippen LogP contribution in [0.15, 0.2) is 88.8 Å². The SMILES string of the molecule is Cc1ccc(S(=O)(=O)n2ccc3c(-c4ccc5nc(N6CCC(N7CCC(C)(NC(=O)OC(C)(C)C)CC7)CC6)nc(C(COC6CCCCO6)(OC6CC6)c6cc(F)cc(F)c6)c5c4)cn(C)c(=O)c32)cc1. The number of likely N-dealkylation sites (tertiary alicyclic amines) is 1. The summed E-state index contributed by atoms with van der Waals surface area (Å²) in [4.78, 5) is 42.0. The zero-order valence-electron chi connectivity index (χ0n) is 42.5. The van der Waals surface area contributed by atoms with Crippen molar-refractivity contribution in [3.8, 4) is 11.1 Å². The van der Waals surface area contributed by atoms with Gasteiger partial charge in [-0.1, -0.05) is 23.8 Å². The summed E-state index contributed by atoms with van der Waals surface area (Å²) in [6, 6.07) is 17.4. The molecule has 15 nitrogen and oxygen atoms in total. The topological polar surface area (TPSA) is 159 Å². The van der Waals surface area contributed by atoms with Crippen molar-refractivity contribution in [3.63, 3.8) is 0 Å². The molecule has 3 aromatic heterocycles. The average Bonchev–Trinajstić information content (AvgIpc) is 4.05. The highest BCUT2D eigenvalue weighted by Gasteiger charge is 2.46. The van der Waals surface area contributed by atoms with Crippen molar-refractivity contribution in [1.82, 2.24) is 28.7 Å². The molecule has 18 heteroatoms. The maximum Gasteiger partial charge on any atom is 0.408 e. The maximum atomic E-state index is 15.7. The van der Waals surface area contributed by atoms with E-state index in [1.54, 1.807) is 31.4 Å². The van der Waals surface area contributed by atoms with Crippen molar-refractivity contribution in [3.05, 3.63) is 118 Å². The number of hydrogen-bond acceptors (Lipinski definition) is 12. The summed E-state index contributed by atoms with van der Waals surface area (Å²) in [5.41, 5.74) is -0.0282. The van der Waals surface area contributed by atoms with E-state index in [0.717, 1.165) is 80.1 Å². The first-order valence-electron chi connectivity index (χ1n) is 25.5. The molecule has 6 aromatic rings. The fourth-order valence-electron chi connectivity index (χ4n) is 10.6. The Hall–Kier alpha value is -5.79. The number of alkyl carbamates (subject to hydrolysis) is 1. The van der Waals surface area contributed by atoms with Gasteiger partial charge in [-0.05, 0) is 146 Å². The van der Waals surface area contributed by atoms with Crippen LogP contribution in [0.4, 0.5) is 19.5 Å². The van der Waals surface area contributed by atoms with Crippen molar-refractivity contribution in [2.45, 2.75) is 132 Å². The predicted octanol–water partition coefficient (Wildman–Crippen LogP) is 9.09. The van der Waals surface area contributed by atoms with Crippen molar-refractivity contribution in [2.24, 2.45) is 7.05 Å². The number of carbonyl (C=O) groups excluding carboxylic acids is 1. The van der Waals surface area contributed by atoms with Gasteiger partial charge in [0.1, 0.15) is 22.8 Å². The van der Waals surface area contributed by atoms with Crippen molar-refractivity contribution >= 4 is 43.9 Å². The highest BCUT2D eigenvalue weighted by molar-refractivity contribution is 7.90. The number of amides is 1. The lowest BCUT2D eigenvalue weighted by Gasteiger charge is -2.45. The van der Waals surface area contributed by atoms with Crippen LogP contribution in [-0.4, -0.2) is 107 Å². The van der Waals surface area contributed by atoms with Crippen molar-refractivity contribution < 1.29 is 40.9 Å². The fourth-order valence-corrected chi connectivity index (χ4v) is 11.9. The third kappa shape index (κ3) is 10.6. The number of carbonyl (C=O) groups is 1. The van der Waals surface area contributed by atoms with Gasteiger partial charge in [0, 0.05) is 86.2 Å². The van der Waals surface area contributed by atoms with Crippen LogP contribution in [0.25, 0.3) is 32.9 Å². The number of hydrogen-bond donors (Lipinski definition) is 1. The van der Waals surface area contributed by atoms with Crippen molar-refractivity contribution in [2.75, 3.05) is 44.3 Å². The molecule has 0 spiro atoms. The molecule has 1 amide bonds. The molecule has 2 atom stereocenters. The number of nitrogens with one attached hydrogen (secondary N) is 1. The van der Waals surface area contributed by atoms with Gasteiger partial charge in [-0.25, -0.2) is 35.9 Å². The molecule has 10 rings (SSSR count). The van der Waals surface area contributed by atoms with E-state index in [4.69, 9.17) is 28.9 Å². The van der Waals surface area contributed by atoms with E-state index in [1.807, 2.05) is 45.9 Å². The zero-order chi connectivity index (χ0) is 51.5. The second-order valence-corrected chi connectivity index (χ2v) is 23.4. The number of benzene rings is 3. The number of ether oxygens (including phenoxy) is 4. The van der Waals surface area contributed by atoms with E-state index in [-0.39, 0.29) is 34.2 Å². The molecule has 3 aliphatic heterocycles. The number of piperidine rings is 2. The minimum absolute atomic E-state index is 0.0190. The summed E-state index contributed by atoms with van der Waals surface area (Å²) in [5.74, 6) is -1.14. The smallest absolute Gasteiger partial charge is 0.408 e. The summed E-state index contributed by atoms with van der Waals surface area (Å²) < 4.78 is 87.4. The average molecular weight is 1020 g/mol. The lowest BCUT2D eigenvalue weighted by atomic mass is 9.87. The quantitative estimate of drug-likeness (QED) is 0.117. The van der Waals surface area contributed by atoms with Crippen LogP contribution in [0, 0.1) is 18.6 Å². The summed E-state index contributed by atoms with van der Waals surface area (Å²) in [7, 11) is -2.60. The van der Waals surface area contributed by atoms with Gasteiger partial charge in [-0.2, -0.15) is 0 Å². The van der Waals surface area contributed by atoms with E-state index in [9.17, 15) is 18.0 Å². The Kier molecular flexibility index (Phi) is 13.8. The number of aryl methyl sites for hydroxylation is 2. The third-order valence-corrected chi connectivity index (χ3v) is 16.4. The maximum absolute atomic E-state index is 15.7. The molecular weight excluding hydrogens is 957 g/mol. The molecule has 4 aliphatic rings. The molecule has 6 heterocycles. The first-order chi connectivity index (χ1) is 34.8. The summed E-state index contributed by atoms with van der Waals surface area (Å²) in [6.45, 7) is 12.7. The minimum Gasteiger partial charge on any atom is -0.444 e. The summed E-state index contributed by atoms with van der Waals surface area (Å²) >= 11 is 0. The molecule has 3 saturated heterocycles. The molecule has 1 saturated carbocycles. The number of fused-ring (bicyclic) bond motifs is 2. The fraction of sp³-hybridized carbons (Fsp3) is 0.491. The Morgan fingerprint density at radius 2 is 1.60 bits per heavy atom. The Morgan fingerprint density at radius 1 is 0.890 bits per heavy atom. The predicted molar refractivity (Wildman–Crippen MR) is 274 cm³/mol. The van der Waals surface area contributed by atoms with E-state index in [0.29, 0.717) is 71.2 Å². The summed E-state index contributed by atoms with van der Waals surface area (Å²) in [5, 5.41) is 4.04. The van der Waals surface area contributed by atoms with Gasteiger partial charge < -0.3 is 38.6 Å². The lowest BCUT2D eigenvalue weighted by Crippen LogP contribution is -2.57. The van der Waals surface area contributed by atoms with E-state index < -0.39 is 50.8 Å². The van der Waals surface area contributed by atoms with Gasteiger partial charge in [0.2, 0.25) is 5.95 Å². The first-order valence-corrected chi connectivity index (χ1v) is 26.9. The van der Waals surface area contributed by atoms with E-state index in [2.05, 4.69) is 22.0 Å². The Bertz CT molecular complexity index is 3180. The van der Waals surface area contributed by atoms with Gasteiger partial charge in [-0.3, -0.25) is 4.79 Å². The molecule has 3 aromatic carbocycles. The second-order valence-electron chi connectivity index (χ2n) is 21.6.